The van der Waals surface area contributed by atoms with E-state index >= 15 is 0 Å². The molecule has 25 heavy (non-hydrogen) atoms. The summed E-state index contributed by atoms with van der Waals surface area (Å²) < 4.78 is 0. The third-order valence-corrected chi connectivity index (χ3v) is 4.92. The van der Waals surface area contributed by atoms with Crippen LogP contribution in [0.15, 0.2) is 36.8 Å². The topological polar surface area (TPSA) is 74.2 Å². The molecule has 0 spiro atoms. The summed E-state index contributed by atoms with van der Waals surface area (Å²) in [6.07, 6.45) is 8.35. The lowest BCUT2D eigenvalue weighted by atomic mass is 9.85. The molecule has 1 aliphatic heterocycles. The van der Waals surface area contributed by atoms with Gasteiger partial charge in [-0.3, -0.25) is 4.79 Å². The van der Waals surface area contributed by atoms with Gasteiger partial charge in [-0.1, -0.05) is 12.5 Å². The van der Waals surface area contributed by atoms with E-state index < -0.39 is 0 Å². The minimum Gasteiger partial charge on any atom is -0.353 e. The second kappa shape index (κ2) is 7.04. The molecule has 1 amide bonds. The molecule has 0 atom stereocenters. The Kier molecular flexibility index (Phi) is 4.45. The molecular weight excluding hydrogens is 316 g/mol. The Bertz CT molecular complexity index is 708. The van der Waals surface area contributed by atoms with E-state index in [0.717, 1.165) is 51.3 Å². The second-order valence-electron chi connectivity index (χ2n) is 6.55. The third-order valence-electron chi connectivity index (χ3n) is 4.92. The molecule has 0 aromatic carbocycles. The van der Waals surface area contributed by atoms with Gasteiger partial charge in [-0.15, -0.1) is 0 Å². The van der Waals surface area contributed by atoms with Gasteiger partial charge < -0.3 is 15.1 Å². The Balaban J connectivity index is 1.33. The number of nitrogens with one attached hydrogen (secondary N) is 1. The van der Waals surface area contributed by atoms with Crippen molar-refractivity contribution in [3.8, 4) is 0 Å². The van der Waals surface area contributed by atoms with Crippen LogP contribution in [0.3, 0.4) is 0 Å². The van der Waals surface area contributed by atoms with Crippen molar-refractivity contribution in [2.24, 2.45) is 5.92 Å². The van der Waals surface area contributed by atoms with Gasteiger partial charge in [0.2, 0.25) is 11.9 Å². The molecule has 1 aliphatic carbocycles. The summed E-state index contributed by atoms with van der Waals surface area (Å²) in [6.45, 7) is 3.48. The van der Waals surface area contributed by atoms with Crippen LogP contribution >= 0.6 is 0 Å². The quantitative estimate of drug-likeness (QED) is 0.918. The van der Waals surface area contributed by atoms with Gasteiger partial charge >= 0.3 is 0 Å². The molecule has 0 bridgehead atoms. The molecule has 2 fully saturated rings. The van der Waals surface area contributed by atoms with Crippen LogP contribution in [-0.4, -0.2) is 47.0 Å². The zero-order chi connectivity index (χ0) is 17.1. The van der Waals surface area contributed by atoms with Crippen molar-refractivity contribution >= 4 is 23.4 Å². The predicted molar refractivity (Wildman–Crippen MR) is 96.7 cm³/mol. The molecule has 2 aromatic rings. The van der Waals surface area contributed by atoms with Crippen LogP contribution in [0.25, 0.3) is 0 Å². The maximum absolute atomic E-state index is 12.0. The molecular formula is C18H22N6O. The Morgan fingerprint density at radius 1 is 1.00 bits per heavy atom. The van der Waals surface area contributed by atoms with Crippen LogP contribution in [-0.2, 0) is 4.79 Å². The molecule has 1 saturated heterocycles. The number of rotatable bonds is 4. The minimum absolute atomic E-state index is 0.0894. The molecule has 130 valence electrons. The standard InChI is InChI=1S/C18H22N6O/c25-17(14-4-3-5-14)22-15-12-20-18(21-13-15)24-10-8-23(9-11-24)16-6-1-2-7-19-16/h1-2,6-7,12-14H,3-5,8-11H2,(H,22,25). The zero-order valence-corrected chi connectivity index (χ0v) is 14.1. The van der Waals surface area contributed by atoms with Gasteiger partial charge in [0.15, 0.2) is 0 Å². The molecule has 4 rings (SSSR count). The summed E-state index contributed by atoms with van der Waals surface area (Å²) in [6, 6.07) is 5.97. The Morgan fingerprint density at radius 2 is 1.72 bits per heavy atom. The lowest BCUT2D eigenvalue weighted by Gasteiger charge is -2.35. The van der Waals surface area contributed by atoms with E-state index in [-0.39, 0.29) is 11.8 Å². The van der Waals surface area contributed by atoms with E-state index in [1.54, 1.807) is 12.4 Å². The fraction of sp³-hybridized carbons (Fsp3) is 0.444. The lowest BCUT2D eigenvalue weighted by Crippen LogP contribution is -2.47. The molecule has 0 unspecified atom stereocenters. The molecule has 1 N–H and O–H groups in total. The highest BCUT2D eigenvalue weighted by atomic mass is 16.1. The average Bonchev–Trinajstić information content (AvgIpc) is 2.62. The normalized spacial score (nSPS) is 17.9. The lowest BCUT2D eigenvalue weighted by molar-refractivity contribution is -0.122. The summed E-state index contributed by atoms with van der Waals surface area (Å²) in [4.78, 5) is 29.6. The van der Waals surface area contributed by atoms with Crippen LogP contribution in [0.1, 0.15) is 19.3 Å². The van der Waals surface area contributed by atoms with Gasteiger partial charge in [0.05, 0.1) is 18.1 Å². The highest BCUT2D eigenvalue weighted by molar-refractivity contribution is 5.92. The maximum atomic E-state index is 12.0. The van der Waals surface area contributed by atoms with Crippen molar-refractivity contribution in [1.29, 1.82) is 0 Å². The zero-order valence-electron chi connectivity index (χ0n) is 14.1. The molecule has 0 radical (unpaired) electrons. The van der Waals surface area contributed by atoms with E-state index in [1.165, 1.54) is 0 Å². The number of nitrogens with zero attached hydrogens (tertiary/aromatic N) is 5. The number of pyridine rings is 1. The first-order valence-corrected chi connectivity index (χ1v) is 8.83. The molecule has 2 aromatic heterocycles. The van der Waals surface area contributed by atoms with Crippen LogP contribution in [0.5, 0.6) is 0 Å². The SMILES string of the molecule is O=C(Nc1cnc(N2CCN(c3ccccn3)CC2)nc1)C1CCC1. The number of aromatic nitrogens is 3. The van der Waals surface area contributed by atoms with Gasteiger partial charge in [0, 0.05) is 38.3 Å². The first-order valence-electron chi connectivity index (χ1n) is 8.83. The molecule has 3 heterocycles. The van der Waals surface area contributed by atoms with E-state index in [4.69, 9.17) is 0 Å². The average molecular weight is 338 g/mol. The number of hydrogen-bond acceptors (Lipinski definition) is 6. The van der Waals surface area contributed by atoms with Crippen molar-refractivity contribution in [3.05, 3.63) is 36.8 Å². The summed E-state index contributed by atoms with van der Waals surface area (Å²) in [5.41, 5.74) is 0.674. The van der Waals surface area contributed by atoms with Crippen LogP contribution < -0.4 is 15.1 Å². The fourth-order valence-electron chi connectivity index (χ4n) is 3.14. The van der Waals surface area contributed by atoms with Crippen LogP contribution in [0.4, 0.5) is 17.5 Å². The smallest absolute Gasteiger partial charge is 0.227 e. The summed E-state index contributed by atoms with van der Waals surface area (Å²) >= 11 is 0. The van der Waals surface area contributed by atoms with Gasteiger partial charge in [-0.2, -0.15) is 0 Å². The number of amides is 1. The van der Waals surface area contributed by atoms with Crippen LogP contribution in [0.2, 0.25) is 0 Å². The van der Waals surface area contributed by atoms with E-state index in [1.807, 2.05) is 24.4 Å². The number of hydrogen-bond donors (Lipinski definition) is 1. The predicted octanol–water partition coefficient (Wildman–Crippen LogP) is 1.94. The van der Waals surface area contributed by atoms with Crippen molar-refractivity contribution in [2.75, 3.05) is 41.3 Å². The van der Waals surface area contributed by atoms with E-state index in [9.17, 15) is 4.79 Å². The molecule has 1 saturated carbocycles. The highest BCUT2D eigenvalue weighted by Gasteiger charge is 2.25. The maximum Gasteiger partial charge on any atom is 0.227 e. The van der Waals surface area contributed by atoms with E-state index in [0.29, 0.717) is 11.6 Å². The minimum atomic E-state index is 0.0894. The summed E-state index contributed by atoms with van der Waals surface area (Å²) in [7, 11) is 0. The monoisotopic (exact) mass is 338 g/mol. The Hall–Kier alpha value is -2.70. The largest absolute Gasteiger partial charge is 0.353 e. The van der Waals surface area contributed by atoms with Crippen LogP contribution in [0, 0.1) is 5.92 Å². The first-order chi connectivity index (χ1) is 12.3. The highest BCUT2D eigenvalue weighted by Crippen LogP contribution is 2.27. The number of carbonyl (C=O) groups excluding carboxylic acids is 1. The Morgan fingerprint density at radius 3 is 2.32 bits per heavy atom. The summed E-state index contributed by atoms with van der Waals surface area (Å²) in [5.74, 6) is 1.98. The van der Waals surface area contributed by atoms with Gasteiger partial charge in [-0.25, -0.2) is 15.0 Å². The van der Waals surface area contributed by atoms with Crippen molar-refractivity contribution in [1.82, 2.24) is 15.0 Å². The number of piperazine rings is 1. The van der Waals surface area contributed by atoms with Gasteiger partial charge in [0.1, 0.15) is 5.82 Å². The first kappa shape index (κ1) is 15.8. The number of anilines is 3. The number of carbonyl (C=O) groups is 1. The van der Waals surface area contributed by atoms with E-state index in [2.05, 4.69) is 30.1 Å². The molecule has 7 nitrogen and oxygen atoms in total. The second-order valence-corrected chi connectivity index (χ2v) is 6.55. The third kappa shape index (κ3) is 3.55. The van der Waals surface area contributed by atoms with Crippen molar-refractivity contribution in [2.45, 2.75) is 19.3 Å². The van der Waals surface area contributed by atoms with Gasteiger partial charge in [-0.05, 0) is 25.0 Å². The van der Waals surface area contributed by atoms with Crippen molar-refractivity contribution in [3.63, 3.8) is 0 Å². The molecule has 2 aliphatic rings. The van der Waals surface area contributed by atoms with Gasteiger partial charge in [0.25, 0.3) is 0 Å². The summed E-state index contributed by atoms with van der Waals surface area (Å²) in [5, 5.41) is 2.90. The van der Waals surface area contributed by atoms with Crippen molar-refractivity contribution < 1.29 is 4.79 Å². The molecule has 7 heteroatoms. The Labute approximate surface area is 147 Å². The fourth-order valence-corrected chi connectivity index (χ4v) is 3.14.